The number of ether oxygens (including phenoxy) is 4. The topological polar surface area (TPSA) is 135 Å². The number of esters is 1. The van der Waals surface area contributed by atoms with E-state index in [9.17, 15) is 25.2 Å². The maximum absolute atomic E-state index is 12.9. The van der Waals surface area contributed by atoms with Crippen LogP contribution in [0.25, 0.3) is 0 Å². The number of carbonyl (C=O) groups excluding carboxylic acids is 1. The lowest BCUT2D eigenvalue weighted by molar-refractivity contribution is -0.305. The molecule has 67 heavy (non-hydrogen) atoms. The zero-order chi connectivity index (χ0) is 48.5. The van der Waals surface area contributed by atoms with Crippen LogP contribution >= 0.6 is 0 Å². The highest BCUT2D eigenvalue weighted by Crippen LogP contribution is 2.23. The van der Waals surface area contributed by atoms with E-state index in [-0.39, 0.29) is 19.2 Å². The monoisotopic (exact) mass is 947 g/mol. The highest BCUT2D eigenvalue weighted by Gasteiger charge is 2.44. The molecule has 0 aromatic heterocycles. The summed E-state index contributed by atoms with van der Waals surface area (Å²) in [4.78, 5) is 12.9. The number of rotatable bonds is 49. The number of allylic oxidation sites excluding steroid dienone is 8. The predicted molar refractivity (Wildman–Crippen MR) is 279 cm³/mol. The van der Waals surface area contributed by atoms with E-state index in [0.717, 1.165) is 57.8 Å². The van der Waals surface area contributed by atoms with Crippen molar-refractivity contribution in [1.29, 1.82) is 0 Å². The Kier molecular flexibility index (Phi) is 46.3. The SMILES string of the molecule is CC/C=C\C/C=C\C/C=C\C/C=C\CCCCCCCCCCCCC(=O)OC(COCCCCCCCCCCCCCCCCCCCCCCC)COC1OC(CO)C(O)C(O)C1O. The largest absolute Gasteiger partial charge is 0.457 e. The van der Waals surface area contributed by atoms with E-state index in [1.807, 2.05) is 0 Å². The lowest BCUT2D eigenvalue weighted by atomic mass is 9.99. The molecule has 0 aromatic carbocycles. The van der Waals surface area contributed by atoms with Gasteiger partial charge in [-0.1, -0.05) is 242 Å². The standard InChI is InChI=1S/C58H106O9/c1-3-5-7-9-11-13-15-17-19-21-23-25-26-27-29-31-33-35-37-39-41-43-45-47-54(60)66-52(51-65-58-57(63)56(62)55(61)53(49-59)67-58)50-64-48-46-44-42-40-38-36-34-32-30-28-24-22-20-18-16-14-12-10-8-6-4-2/h5,7,11,13,17,19,23,25,52-53,55-59,61-63H,3-4,6,8-10,12,14-16,18,20-22,24,26-51H2,1-2H3/b7-5-,13-11-,19-17-,25-23-. The van der Waals surface area contributed by atoms with Gasteiger partial charge in [-0.2, -0.15) is 0 Å². The van der Waals surface area contributed by atoms with Crippen LogP contribution < -0.4 is 0 Å². The first kappa shape index (κ1) is 63.2. The zero-order valence-electron chi connectivity index (χ0n) is 43.4. The lowest BCUT2D eigenvalue weighted by Crippen LogP contribution is -2.59. The number of carbonyl (C=O) groups is 1. The van der Waals surface area contributed by atoms with E-state index in [1.165, 1.54) is 173 Å². The van der Waals surface area contributed by atoms with Crippen LogP contribution in [0.3, 0.4) is 0 Å². The Labute approximate surface area is 412 Å². The van der Waals surface area contributed by atoms with Crippen molar-refractivity contribution in [3.8, 4) is 0 Å². The van der Waals surface area contributed by atoms with Crippen molar-refractivity contribution in [3.05, 3.63) is 48.6 Å². The normalized spacial score (nSPS) is 19.5. The smallest absolute Gasteiger partial charge is 0.306 e. The molecule has 0 amide bonds. The third kappa shape index (κ3) is 39.6. The zero-order valence-corrected chi connectivity index (χ0v) is 43.4. The van der Waals surface area contributed by atoms with Gasteiger partial charge in [-0.3, -0.25) is 4.79 Å². The molecule has 0 aromatic rings. The van der Waals surface area contributed by atoms with Gasteiger partial charge >= 0.3 is 5.97 Å². The average molecular weight is 947 g/mol. The minimum atomic E-state index is -1.54. The number of hydrogen-bond acceptors (Lipinski definition) is 9. The van der Waals surface area contributed by atoms with Gasteiger partial charge < -0.3 is 39.4 Å². The summed E-state index contributed by atoms with van der Waals surface area (Å²) in [6, 6.07) is 0. The summed E-state index contributed by atoms with van der Waals surface area (Å²) in [7, 11) is 0. The molecule has 0 bridgehead atoms. The van der Waals surface area contributed by atoms with Crippen molar-refractivity contribution in [2.24, 2.45) is 0 Å². The van der Waals surface area contributed by atoms with E-state index < -0.39 is 43.4 Å². The van der Waals surface area contributed by atoms with Gasteiger partial charge in [0.05, 0.1) is 19.8 Å². The molecule has 1 aliphatic heterocycles. The molecule has 4 N–H and O–H groups in total. The van der Waals surface area contributed by atoms with E-state index in [4.69, 9.17) is 18.9 Å². The van der Waals surface area contributed by atoms with Crippen LogP contribution in [0.2, 0.25) is 0 Å². The van der Waals surface area contributed by atoms with Gasteiger partial charge in [-0.25, -0.2) is 0 Å². The first-order valence-corrected chi connectivity index (χ1v) is 28.2. The minimum Gasteiger partial charge on any atom is -0.457 e. The van der Waals surface area contributed by atoms with Crippen LogP contribution in [0.1, 0.15) is 251 Å². The molecule has 9 heteroatoms. The first-order valence-electron chi connectivity index (χ1n) is 28.2. The number of unbranched alkanes of at least 4 members (excludes halogenated alkanes) is 30. The predicted octanol–water partition coefficient (Wildman–Crippen LogP) is 14.4. The van der Waals surface area contributed by atoms with Crippen molar-refractivity contribution < 1.29 is 44.2 Å². The van der Waals surface area contributed by atoms with Crippen LogP contribution in [0.15, 0.2) is 48.6 Å². The molecule has 6 unspecified atom stereocenters. The van der Waals surface area contributed by atoms with Gasteiger partial charge in [0, 0.05) is 13.0 Å². The summed E-state index contributed by atoms with van der Waals surface area (Å²) in [6.45, 7) is 4.49. The molecule has 1 fully saturated rings. The Morgan fingerprint density at radius 2 is 0.910 bits per heavy atom. The number of aliphatic hydroxyl groups is 4. The second kappa shape index (κ2) is 49.1. The molecule has 1 heterocycles. The summed E-state index contributed by atoms with van der Waals surface area (Å²) in [5, 5.41) is 40.3. The van der Waals surface area contributed by atoms with E-state index in [2.05, 4.69) is 62.5 Å². The van der Waals surface area contributed by atoms with Gasteiger partial charge in [0.15, 0.2) is 6.29 Å². The van der Waals surface area contributed by atoms with E-state index in [1.54, 1.807) is 0 Å². The fourth-order valence-electron chi connectivity index (χ4n) is 8.66. The van der Waals surface area contributed by atoms with E-state index >= 15 is 0 Å². The van der Waals surface area contributed by atoms with Gasteiger partial charge in [0.25, 0.3) is 0 Å². The summed E-state index contributed by atoms with van der Waals surface area (Å²) in [5.74, 6) is -0.314. The molecule has 0 spiro atoms. The maximum Gasteiger partial charge on any atom is 0.306 e. The van der Waals surface area contributed by atoms with E-state index in [0.29, 0.717) is 13.0 Å². The molecule has 392 valence electrons. The average Bonchev–Trinajstić information content (AvgIpc) is 3.33. The number of aliphatic hydroxyl groups excluding tert-OH is 4. The second-order valence-electron chi connectivity index (χ2n) is 19.4. The molecule has 1 saturated heterocycles. The summed E-state index contributed by atoms with van der Waals surface area (Å²) in [5.41, 5.74) is 0. The Morgan fingerprint density at radius 1 is 0.493 bits per heavy atom. The van der Waals surface area contributed by atoms with Crippen molar-refractivity contribution >= 4 is 5.97 Å². The molecule has 1 aliphatic rings. The molecule has 6 atom stereocenters. The van der Waals surface area contributed by atoms with Gasteiger partial charge in [-0.15, -0.1) is 0 Å². The Balaban J connectivity index is 2.16. The summed E-state index contributed by atoms with van der Waals surface area (Å²) in [6.07, 6.45) is 55.8. The van der Waals surface area contributed by atoms with Crippen LogP contribution in [-0.4, -0.2) is 89.6 Å². The molecule has 0 radical (unpaired) electrons. The second-order valence-corrected chi connectivity index (χ2v) is 19.4. The first-order chi connectivity index (χ1) is 32.9. The Morgan fingerprint density at radius 3 is 1.37 bits per heavy atom. The molecule has 0 aliphatic carbocycles. The third-order valence-electron chi connectivity index (χ3n) is 13.0. The minimum absolute atomic E-state index is 0.113. The van der Waals surface area contributed by atoms with Crippen LogP contribution in [-0.2, 0) is 23.7 Å². The van der Waals surface area contributed by atoms with Gasteiger partial charge in [0.1, 0.15) is 30.5 Å². The van der Waals surface area contributed by atoms with Crippen molar-refractivity contribution in [2.75, 3.05) is 26.4 Å². The van der Waals surface area contributed by atoms with Crippen LogP contribution in [0.4, 0.5) is 0 Å². The molecule has 9 nitrogen and oxygen atoms in total. The van der Waals surface area contributed by atoms with Crippen molar-refractivity contribution in [2.45, 2.75) is 288 Å². The lowest BCUT2D eigenvalue weighted by Gasteiger charge is -2.39. The Bertz CT molecular complexity index is 1170. The fraction of sp³-hybridized carbons (Fsp3) is 0.845. The van der Waals surface area contributed by atoms with Crippen molar-refractivity contribution in [3.63, 3.8) is 0 Å². The van der Waals surface area contributed by atoms with Crippen LogP contribution in [0, 0.1) is 0 Å². The molecular formula is C58H106O9. The third-order valence-corrected chi connectivity index (χ3v) is 13.0. The van der Waals surface area contributed by atoms with Crippen LogP contribution in [0.5, 0.6) is 0 Å². The quantitative estimate of drug-likeness (QED) is 0.0267. The highest BCUT2D eigenvalue weighted by molar-refractivity contribution is 5.69. The highest BCUT2D eigenvalue weighted by atomic mass is 16.7. The van der Waals surface area contributed by atoms with Gasteiger partial charge in [0.2, 0.25) is 0 Å². The summed E-state index contributed by atoms with van der Waals surface area (Å²) >= 11 is 0. The fourth-order valence-corrected chi connectivity index (χ4v) is 8.66. The van der Waals surface area contributed by atoms with Gasteiger partial charge in [-0.05, 0) is 51.4 Å². The number of hydrogen-bond donors (Lipinski definition) is 4. The molecule has 0 saturated carbocycles. The molecular weight excluding hydrogens is 841 g/mol. The Hall–Kier alpha value is -1.85. The molecule has 1 rings (SSSR count). The van der Waals surface area contributed by atoms with Crippen molar-refractivity contribution in [1.82, 2.24) is 0 Å². The summed E-state index contributed by atoms with van der Waals surface area (Å²) < 4.78 is 23.0. The maximum atomic E-state index is 12.9.